The summed E-state index contributed by atoms with van der Waals surface area (Å²) >= 11 is 0. The van der Waals surface area contributed by atoms with Gasteiger partial charge in [0.25, 0.3) is 0 Å². The third-order valence-corrected chi connectivity index (χ3v) is 2.73. The van der Waals surface area contributed by atoms with Crippen molar-refractivity contribution in [2.45, 2.75) is 19.7 Å². The fraction of sp³-hybridized carbons (Fsp3) is 0.308. The van der Waals surface area contributed by atoms with Crippen LogP contribution in [-0.2, 0) is 6.42 Å². The summed E-state index contributed by atoms with van der Waals surface area (Å²) < 4.78 is 40.3. The van der Waals surface area contributed by atoms with E-state index in [1.165, 1.54) is 18.2 Å². The van der Waals surface area contributed by atoms with Crippen LogP contribution in [0, 0.1) is 6.92 Å². The minimum Gasteiger partial charge on any atom is -0.406 e. The minimum absolute atomic E-state index is 0.246. The van der Waals surface area contributed by atoms with Crippen molar-refractivity contribution in [1.82, 2.24) is 4.98 Å². The highest BCUT2D eigenvalue weighted by Crippen LogP contribution is 2.26. The maximum absolute atomic E-state index is 12.2. The van der Waals surface area contributed by atoms with Gasteiger partial charge in [0.05, 0.1) is 5.52 Å². The molecule has 0 unspecified atom stereocenters. The van der Waals surface area contributed by atoms with Crippen LogP contribution in [0.5, 0.6) is 5.75 Å². The molecule has 3 nitrogen and oxygen atoms in total. The number of nitrogens with two attached hydrogens (primary N) is 1. The molecule has 0 aliphatic heterocycles. The van der Waals surface area contributed by atoms with Gasteiger partial charge in [-0.1, -0.05) is 0 Å². The summed E-state index contributed by atoms with van der Waals surface area (Å²) in [7, 11) is 0. The molecule has 0 aliphatic carbocycles. The van der Waals surface area contributed by atoms with E-state index >= 15 is 0 Å². The number of pyridine rings is 1. The molecule has 1 aromatic heterocycles. The number of aryl methyl sites for hydroxylation is 1. The van der Waals surface area contributed by atoms with Gasteiger partial charge in [-0.3, -0.25) is 4.98 Å². The van der Waals surface area contributed by atoms with Crippen LogP contribution in [0.2, 0.25) is 0 Å². The van der Waals surface area contributed by atoms with E-state index in [2.05, 4.69) is 9.72 Å². The molecule has 0 aliphatic rings. The fourth-order valence-electron chi connectivity index (χ4n) is 1.90. The molecule has 0 saturated carbocycles. The summed E-state index contributed by atoms with van der Waals surface area (Å²) in [5, 5.41) is 0.607. The number of nitrogens with zero attached hydrogens (tertiary/aromatic N) is 1. The standard InChI is InChI=1S/C13H13F3N2O/c1-8-9(4-5-17)6-10-7-11(19-13(14,15)16)2-3-12(10)18-8/h2-3,6-7H,4-5,17H2,1H3. The van der Waals surface area contributed by atoms with E-state index in [0.717, 1.165) is 11.3 Å². The molecular weight excluding hydrogens is 257 g/mol. The number of hydrogen-bond donors (Lipinski definition) is 1. The van der Waals surface area contributed by atoms with Crippen LogP contribution >= 0.6 is 0 Å². The van der Waals surface area contributed by atoms with Crippen molar-refractivity contribution in [1.29, 1.82) is 0 Å². The molecule has 1 heterocycles. The molecule has 0 fully saturated rings. The molecule has 19 heavy (non-hydrogen) atoms. The Kier molecular flexibility index (Phi) is 3.61. The lowest BCUT2D eigenvalue weighted by molar-refractivity contribution is -0.274. The molecular formula is C13H13F3N2O. The normalized spacial score (nSPS) is 11.8. The van der Waals surface area contributed by atoms with Crippen LogP contribution in [0.15, 0.2) is 24.3 Å². The van der Waals surface area contributed by atoms with Gasteiger partial charge >= 0.3 is 6.36 Å². The predicted octanol–water partition coefficient (Wildman–Crippen LogP) is 2.94. The topological polar surface area (TPSA) is 48.1 Å². The lowest BCUT2D eigenvalue weighted by Crippen LogP contribution is -2.17. The van der Waals surface area contributed by atoms with Crippen LogP contribution in [-0.4, -0.2) is 17.9 Å². The number of ether oxygens (including phenoxy) is 1. The molecule has 0 atom stereocenters. The predicted molar refractivity (Wildman–Crippen MR) is 65.9 cm³/mol. The van der Waals surface area contributed by atoms with Crippen LogP contribution in [0.1, 0.15) is 11.3 Å². The Labute approximate surface area is 108 Å². The minimum atomic E-state index is -4.69. The summed E-state index contributed by atoms with van der Waals surface area (Å²) in [5.41, 5.74) is 7.88. The molecule has 2 N–H and O–H groups in total. The van der Waals surface area contributed by atoms with Gasteiger partial charge in [-0.25, -0.2) is 0 Å². The van der Waals surface area contributed by atoms with E-state index in [4.69, 9.17) is 5.73 Å². The first-order valence-corrected chi connectivity index (χ1v) is 5.75. The SMILES string of the molecule is Cc1nc2ccc(OC(F)(F)F)cc2cc1CCN. The molecule has 0 radical (unpaired) electrons. The third kappa shape index (κ3) is 3.35. The van der Waals surface area contributed by atoms with Gasteiger partial charge < -0.3 is 10.5 Å². The zero-order valence-corrected chi connectivity index (χ0v) is 10.3. The molecule has 0 saturated heterocycles. The number of aromatic nitrogens is 1. The van der Waals surface area contributed by atoms with Crippen LogP contribution in [0.3, 0.4) is 0 Å². The number of alkyl halides is 3. The Hall–Kier alpha value is -1.82. The molecule has 2 aromatic rings. The number of hydrogen-bond acceptors (Lipinski definition) is 3. The highest BCUT2D eigenvalue weighted by Gasteiger charge is 2.31. The maximum Gasteiger partial charge on any atom is 0.573 e. The molecule has 6 heteroatoms. The summed E-state index contributed by atoms with van der Waals surface area (Å²) in [6, 6.07) is 5.89. The molecule has 1 aromatic carbocycles. The van der Waals surface area contributed by atoms with Gasteiger partial charge in [0.2, 0.25) is 0 Å². The Balaban J connectivity index is 2.43. The first kappa shape index (κ1) is 13.6. The largest absolute Gasteiger partial charge is 0.573 e. The van der Waals surface area contributed by atoms with Crippen molar-refractivity contribution in [3.8, 4) is 5.75 Å². The number of benzene rings is 1. The van der Waals surface area contributed by atoms with Crippen molar-refractivity contribution >= 4 is 10.9 Å². The Morgan fingerprint density at radius 3 is 2.63 bits per heavy atom. The molecule has 0 spiro atoms. The second kappa shape index (κ2) is 5.05. The van der Waals surface area contributed by atoms with E-state index in [0.29, 0.717) is 23.9 Å². The monoisotopic (exact) mass is 270 g/mol. The first-order valence-electron chi connectivity index (χ1n) is 5.75. The van der Waals surface area contributed by atoms with Crippen molar-refractivity contribution in [3.05, 3.63) is 35.5 Å². The van der Waals surface area contributed by atoms with E-state index in [1.807, 2.05) is 6.92 Å². The van der Waals surface area contributed by atoms with Gasteiger partial charge in [-0.15, -0.1) is 13.2 Å². The maximum atomic E-state index is 12.2. The van der Waals surface area contributed by atoms with E-state index in [9.17, 15) is 13.2 Å². The van der Waals surface area contributed by atoms with Crippen LogP contribution < -0.4 is 10.5 Å². The molecule has 102 valence electrons. The van der Waals surface area contributed by atoms with E-state index in [-0.39, 0.29) is 5.75 Å². The van der Waals surface area contributed by atoms with Crippen LogP contribution in [0.25, 0.3) is 10.9 Å². The Morgan fingerprint density at radius 1 is 1.26 bits per heavy atom. The molecule has 0 bridgehead atoms. The van der Waals surface area contributed by atoms with Crippen molar-refractivity contribution in [2.75, 3.05) is 6.54 Å². The summed E-state index contributed by atoms with van der Waals surface area (Å²) in [6.07, 6.45) is -4.05. The lowest BCUT2D eigenvalue weighted by Gasteiger charge is -2.10. The second-order valence-corrected chi connectivity index (χ2v) is 4.17. The number of fused-ring (bicyclic) bond motifs is 1. The lowest BCUT2D eigenvalue weighted by atomic mass is 10.1. The Morgan fingerprint density at radius 2 is 2.00 bits per heavy atom. The van der Waals surface area contributed by atoms with Gasteiger partial charge in [-0.2, -0.15) is 0 Å². The summed E-state index contributed by atoms with van der Waals surface area (Å²) in [6.45, 7) is 2.32. The second-order valence-electron chi connectivity index (χ2n) is 4.17. The summed E-state index contributed by atoms with van der Waals surface area (Å²) in [4.78, 5) is 4.34. The smallest absolute Gasteiger partial charge is 0.406 e. The van der Waals surface area contributed by atoms with Gasteiger partial charge in [0.15, 0.2) is 0 Å². The van der Waals surface area contributed by atoms with Crippen molar-refractivity contribution < 1.29 is 17.9 Å². The third-order valence-electron chi connectivity index (χ3n) is 2.73. The summed E-state index contributed by atoms with van der Waals surface area (Å²) in [5.74, 6) is -0.246. The Bertz CT molecular complexity index is 596. The first-order chi connectivity index (χ1) is 8.89. The van der Waals surface area contributed by atoms with Gasteiger partial charge in [0.1, 0.15) is 5.75 Å². The molecule has 0 amide bonds. The van der Waals surface area contributed by atoms with E-state index in [1.54, 1.807) is 6.07 Å². The number of rotatable bonds is 3. The van der Waals surface area contributed by atoms with Gasteiger partial charge in [-0.05, 0) is 49.7 Å². The van der Waals surface area contributed by atoms with Crippen molar-refractivity contribution in [3.63, 3.8) is 0 Å². The highest BCUT2D eigenvalue weighted by atomic mass is 19.4. The van der Waals surface area contributed by atoms with Crippen LogP contribution in [0.4, 0.5) is 13.2 Å². The fourth-order valence-corrected chi connectivity index (χ4v) is 1.90. The zero-order chi connectivity index (χ0) is 14.0. The van der Waals surface area contributed by atoms with Gasteiger partial charge in [0, 0.05) is 11.1 Å². The zero-order valence-electron chi connectivity index (χ0n) is 10.3. The quantitative estimate of drug-likeness (QED) is 0.932. The average molecular weight is 270 g/mol. The average Bonchev–Trinajstić information content (AvgIpc) is 2.29. The van der Waals surface area contributed by atoms with Crippen molar-refractivity contribution in [2.24, 2.45) is 5.73 Å². The molecule has 2 rings (SSSR count). The number of halogens is 3. The van der Waals surface area contributed by atoms with E-state index < -0.39 is 6.36 Å². The highest BCUT2D eigenvalue weighted by molar-refractivity contribution is 5.81.